The van der Waals surface area contributed by atoms with E-state index >= 15 is 0 Å². The van der Waals surface area contributed by atoms with Gasteiger partial charge in [0.05, 0.1) is 5.56 Å². The van der Waals surface area contributed by atoms with Crippen LogP contribution < -0.4 is 11.1 Å². The van der Waals surface area contributed by atoms with E-state index in [1.165, 1.54) is 18.9 Å². The highest BCUT2D eigenvalue weighted by atomic mass is 19.1. The van der Waals surface area contributed by atoms with Gasteiger partial charge in [0.2, 0.25) is 0 Å². The summed E-state index contributed by atoms with van der Waals surface area (Å²) in [5.41, 5.74) is 6.08. The fourth-order valence-corrected chi connectivity index (χ4v) is 2.14. The maximum atomic E-state index is 14.1. The molecule has 2 rings (SSSR count). The van der Waals surface area contributed by atoms with Crippen LogP contribution in [0.1, 0.15) is 24.0 Å². The van der Waals surface area contributed by atoms with Crippen molar-refractivity contribution >= 4 is 5.84 Å². The van der Waals surface area contributed by atoms with E-state index in [-0.39, 0.29) is 11.4 Å². The van der Waals surface area contributed by atoms with Gasteiger partial charge in [-0.3, -0.25) is 0 Å². The molecule has 1 aromatic carbocycles. The number of nitrogens with one attached hydrogen (secondary N) is 1. The third kappa shape index (κ3) is 3.68. The van der Waals surface area contributed by atoms with Gasteiger partial charge in [0.1, 0.15) is 5.82 Å². The quantitative estimate of drug-likeness (QED) is 0.230. The third-order valence-electron chi connectivity index (χ3n) is 3.59. The molecule has 0 radical (unpaired) electrons. The van der Waals surface area contributed by atoms with Crippen LogP contribution in [0.3, 0.4) is 0 Å². The molecule has 5 nitrogen and oxygen atoms in total. The minimum absolute atomic E-state index is 0.127. The third-order valence-corrected chi connectivity index (χ3v) is 3.59. The van der Waals surface area contributed by atoms with Crippen molar-refractivity contribution in [2.24, 2.45) is 10.9 Å². The van der Waals surface area contributed by atoms with Gasteiger partial charge in [-0.05, 0) is 26.0 Å². The summed E-state index contributed by atoms with van der Waals surface area (Å²) < 4.78 is 14.1. The number of nitrogens with zero attached hydrogens (tertiary/aromatic N) is 2. The van der Waals surface area contributed by atoms with Crippen molar-refractivity contribution in [1.29, 1.82) is 0 Å². The molecule has 20 heavy (non-hydrogen) atoms. The predicted molar refractivity (Wildman–Crippen MR) is 76.3 cm³/mol. The molecule has 0 heterocycles. The number of benzene rings is 1. The van der Waals surface area contributed by atoms with Gasteiger partial charge >= 0.3 is 0 Å². The maximum absolute atomic E-state index is 14.1. The SMILES string of the molecule is CN(CCNCc1cccc(/C(N)=N/O)c1F)C1CC1. The lowest BCUT2D eigenvalue weighted by Gasteiger charge is -2.16. The number of oxime groups is 1. The highest BCUT2D eigenvalue weighted by molar-refractivity contribution is 5.97. The second kappa shape index (κ2) is 6.67. The minimum atomic E-state index is -0.439. The molecule has 4 N–H and O–H groups in total. The molecule has 0 bridgehead atoms. The van der Waals surface area contributed by atoms with Gasteiger partial charge in [-0.1, -0.05) is 17.3 Å². The number of rotatable bonds is 7. The maximum Gasteiger partial charge on any atom is 0.173 e. The summed E-state index contributed by atoms with van der Waals surface area (Å²) in [5.74, 6) is -0.649. The lowest BCUT2D eigenvalue weighted by molar-refractivity contribution is 0.318. The van der Waals surface area contributed by atoms with Crippen LogP contribution in [0.5, 0.6) is 0 Å². The number of amidine groups is 1. The molecule has 6 heteroatoms. The first kappa shape index (κ1) is 14.7. The summed E-state index contributed by atoms with van der Waals surface area (Å²) in [6.07, 6.45) is 2.57. The lowest BCUT2D eigenvalue weighted by atomic mass is 10.1. The lowest BCUT2D eigenvalue weighted by Crippen LogP contribution is -2.30. The molecule has 0 unspecified atom stereocenters. The highest BCUT2D eigenvalue weighted by Crippen LogP contribution is 2.24. The average molecular weight is 280 g/mol. The Morgan fingerprint density at radius 3 is 2.95 bits per heavy atom. The molecule has 0 saturated heterocycles. The molecule has 1 aromatic rings. The standard InChI is InChI=1S/C14H21FN4O/c1-19(11-5-6-11)8-7-17-9-10-3-2-4-12(13(10)15)14(16)18-20/h2-4,11,17,20H,5-9H2,1H3,(H2,16,18). The van der Waals surface area contributed by atoms with Gasteiger partial charge < -0.3 is 21.2 Å². The smallest absolute Gasteiger partial charge is 0.173 e. The van der Waals surface area contributed by atoms with Crippen molar-refractivity contribution in [3.8, 4) is 0 Å². The van der Waals surface area contributed by atoms with Gasteiger partial charge in [-0.2, -0.15) is 0 Å². The molecule has 0 aromatic heterocycles. The van der Waals surface area contributed by atoms with E-state index in [0.29, 0.717) is 12.1 Å². The number of hydrogen-bond donors (Lipinski definition) is 3. The van der Waals surface area contributed by atoms with Crippen LogP contribution >= 0.6 is 0 Å². The Kier molecular flexibility index (Phi) is 4.92. The van der Waals surface area contributed by atoms with Gasteiger partial charge in [0.25, 0.3) is 0 Å². The Labute approximate surface area is 118 Å². The predicted octanol–water partition coefficient (Wildman–Crippen LogP) is 1.10. The molecule has 1 saturated carbocycles. The summed E-state index contributed by atoms with van der Waals surface area (Å²) in [5, 5.41) is 14.7. The molecule has 1 aliphatic carbocycles. The highest BCUT2D eigenvalue weighted by Gasteiger charge is 2.25. The van der Waals surface area contributed by atoms with Gasteiger partial charge in [0, 0.05) is 31.2 Å². The van der Waals surface area contributed by atoms with E-state index in [9.17, 15) is 4.39 Å². The van der Waals surface area contributed by atoms with Crippen molar-refractivity contribution < 1.29 is 9.60 Å². The fourth-order valence-electron chi connectivity index (χ4n) is 2.14. The van der Waals surface area contributed by atoms with E-state index in [4.69, 9.17) is 10.9 Å². The zero-order valence-electron chi connectivity index (χ0n) is 11.6. The Morgan fingerprint density at radius 1 is 1.55 bits per heavy atom. The second-order valence-corrected chi connectivity index (χ2v) is 5.15. The first-order valence-electron chi connectivity index (χ1n) is 6.79. The fraction of sp³-hybridized carbons (Fsp3) is 0.500. The Bertz CT molecular complexity index is 488. The number of halogens is 1. The first-order chi connectivity index (χ1) is 9.63. The topological polar surface area (TPSA) is 73.9 Å². The molecule has 0 amide bonds. The molecule has 1 aliphatic rings. The van der Waals surface area contributed by atoms with Gasteiger partial charge in [-0.15, -0.1) is 0 Å². The average Bonchev–Trinajstić information content (AvgIpc) is 3.28. The minimum Gasteiger partial charge on any atom is -0.409 e. The monoisotopic (exact) mass is 280 g/mol. The molecule has 0 atom stereocenters. The van der Waals surface area contributed by atoms with Crippen molar-refractivity contribution in [2.45, 2.75) is 25.4 Å². The van der Waals surface area contributed by atoms with E-state index in [0.717, 1.165) is 19.1 Å². The van der Waals surface area contributed by atoms with Crippen molar-refractivity contribution in [3.63, 3.8) is 0 Å². The first-order valence-corrected chi connectivity index (χ1v) is 6.79. The number of likely N-dealkylation sites (N-methyl/N-ethyl adjacent to an activating group) is 1. The number of nitrogens with two attached hydrogens (primary N) is 1. The van der Waals surface area contributed by atoms with Crippen LogP contribution in [0.25, 0.3) is 0 Å². The van der Waals surface area contributed by atoms with Crippen molar-refractivity contribution in [3.05, 3.63) is 35.1 Å². The zero-order chi connectivity index (χ0) is 14.5. The van der Waals surface area contributed by atoms with Gasteiger partial charge in [0.15, 0.2) is 5.84 Å². The van der Waals surface area contributed by atoms with E-state index < -0.39 is 5.82 Å². The largest absolute Gasteiger partial charge is 0.409 e. The van der Waals surface area contributed by atoms with Crippen LogP contribution in [0, 0.1) is 5.82 Å². The molecular weight excluding hydrogens is 259 g/mol. The molecule has 110 valence electrons. The van der Waals surface area contributed by atoms with Crippen LogP contribution in [-0.2, 0) is 6.54 Å². The summed E-state index contributed by atoms with van der Waals surface area (Å²) in [6, 6.07) is 5.62. The Morgan fingerprint density at radius 2 is 2.30 bits per heavy atom. The van der Waals surface area contributed by atoms with Crippen LogP contribution in [0.4, 0.5) is 4.39 Å². The van der Waals surface area contributed by atoms with E-state index in [2.05, 4.69) is 22.4 Å². The molecule has 0 aliphatic heterocycles. The van der Waals surface area contributed by atoms with E-state index in [1.54, 1.807) is 12.1 Å². The molecule has 0 spiro atoms. The molecule has 1 fully saturated rings. The van der Waals surface area contributed by atoms with Crippen LogP contribution in [0.2, 0.25) is 0 Å². The van der Waals surface area contributed by atoms with Crippen molar-refractivity contribution in [2.75, 3.05) is 20.1 Å². The summed E-state index contributed by atoms with van der Waals surface area (Å²) >= 11 is 0. The summed E-state index contributed by atoms with van der Waals surface area (Å²) in [4.78, 5) is 2.32. The Balaban J connectivity index is 1.86. The zero-order valence-corrected chi connectivity index (χ0v) is 11.6. The normalized spacial score (nSPS) is 15.8. The summed E-state index contributed by atoms with van der Waals surface area (Å²) in [7, 11) is 2.11. The van der Waals surface area contributed by atoms with Crippen LogP contribution in [0.15, 0.2) is 23.4 Å². The van der Waals surface area contributed by atoms with Gasteiger partial charge in [-0.25, -0.2) is 4.39 Å². The Hall–Kier alpha value is -1.66. The van der Waals surface area contributed by atoms with Crippen molar-refractivity contribution in [1.82, 2.24) is 10.2 Å². The number of hydrogen-bond acceptors (Lipinski definition) is 4. The van der Waals surface area contributed by atoms with E-state index in [1.807, 2.05) is 0 Å². The second-order valence-electron chi connectivity index (χ2n) is 5.15. The van der Waals surface area contributed by atoms with Crippen LogP contribution in [-0.4, -0.2) is 42.1 Å². The summed E-state index contributed by atoms with van der Waals surface area (Å²) in [6.45, 7) is 2.18. The molecular formula is C14H21FN4O.